The van der Waals surface area contributed by atoms with E-state index in [4.69, 9.17) is 9.47 Å². The fourth-order valence-electron chi connectivity index (χ4n) is 5.36. The lowest BCUT2D eigenvalue weighted by atomic mass is 9.72. The number of halogens is 2. The number of carboxylic acids is 1. The van der Waals surface area contributed by atoms with Crippen molar-refractivity contribution in [3.05, 3.63) is 12.2 Å². The Morgan fingerprint density at radius 2 is 1.91 bits per heavy atom. The molecule has 33 heavy (non-hydrogen) atoms. The van der Waals surface area contributed by atoms with Crippen LogP contribution in [0.15, 0.2) is 12.2 Å². The molecule has 2 unspecified atom stereocenters. The highest BCUT2D eigenvalue weighted by molar-refractivity contribution is 5.72. The number of unbranched alkanes of at least 4 members (excludes halogenated alkanes) is 5. The molecular formula is C26H44F2O5. The first-order chi connectivity index (χ1) is 15.9. The maximum absolute atomic E-state index is 14.2. The number of aliphatic hydroxyl groups is 1. The number of hydrogen-bond donors (Lipinski definition) is 2. The molecule has 0 aromatic heterocycles. The number of aliphatic hydroxyl groups excluding tert-OH is 1. The third-order valence-electron chi connectivity index (χ3n) is 7.42. The lowest BCUT2D eigenvalue weighted by Gasteiger charge is -2.35. The predicted molar refractivity (Wildman–Crippen MR) is 124 cm³/mol. The minimum Gasteiger partial charge on any atom is -0.479 e. The van der Waals surface area contributed by atoms with E-state index in [1.807, 2.05) is 12.2 Å². The maximum Gasteiger partial charge on any atom is 0.332 e. The number of carbonyl (C=O) groups is 1. The molecule has 1 aliphatic carbocycles. The standard InChI is InChI=1S/C26H44F2O5/c1-2-3-4-5-6-11-17-26(25(27)28)18-16-21(29)20(26)13-8-7-9-14-22(24(30)31)33-23-15-10-12-19-32-23/h7-8,20-23,25,29H,2-6,9-19H2,1H3,(H,30,31)/t20-,21-,22?,23?,26+/m0/s1. The normalized spacial score (nSPS) is 29.2. The molecule has 1 aliphatic heterocycles. The van der Waals surface area contributed by atoms with Crippen LogP contribution in [0, 0.1) is 11.3 Å². The van der Waals surface area contributed by atoms with Crippen molar-refractivity contribution in [3.8, 4) is 0 Å². The lowest BCUT2D eigenvalue weighted by molar-refractivity contribution is -0.201. The van der Waals surface area contributed by atoms with Gasteiger partial charge in [-0.1, -0.05) is 57.6 Å². The van der Waals surface area contributed by atoms with Crippen LogP contribution in [0.5, 0.6) is 0 Å². The zero-order chi connectivity index (χ0) is 24.1. The van der Waals surface area contributed by atoms with Gasteiger partial charge < -0.3 is 19.7 Å². The van der Waals surface area contributed by atoms with Gasteiger partial charge in [-0.05, 0) is 63.7 Å². The maximum atomic E-state index is 14.2. The molecule has 1 saturated heterocycles. The fraction of sp³-hybridized carbons (Fsp3) is 0.885. The first-order valence-corrected chi connectivity index (χ1v) is 13.0. The van der Waals surface area contributed by atoms with E-state index >= 15 is 0 Å². The minimum atomic E-state index is -2.44. The number of allylic oxidation sites excluding steroid dienone is 2. The number of hydrogen-bond acceptors (Lipinski definition) is 4. The van der Waals surface area contributed by atoms with Crippen LogP contribution in [0.25, 0.3) is 0 Å². The Morgan fingerprint density at radius 3 is 2.58 bits per heavy atom. The summed E-state index contributed by atoms with van der Waals surface area (Å²) in [6.45, 7) is 2.75. The number of rotatable bonds is 16. The molecular weight excluding hydrogens is 430 g/mol. The molecule has 1 saturated carbocycles. The fourth-order valence-corrected chi connectivity index (χ4v) is 5.36. The molecule has 7 heteroatoms. The van der Waals surface area contributed by atoms with E-state index in [2.05, 4.69) is 6.92 Å². The van der Waals surface area contributed by atoms with Crippen LogP contribution in [0.3, 0.4) is 0 Å². The van der Waals surface area contributed by atoms with Crippen LogP contribution in [0.1, 0.15) is 103 Å². The van der Waals surface area contributed by atoms with Crippen molar-refractivity contribution in [2.75, 3.05) is 6.61 Å². The molecule has 1 heterocycles. The van der Waals surface area contributed by atoms with Crippen molar-refractivity contribution < 1.29 is 33.3 Å². The molecule has 2 aliphatic rings. The summed E-state index contributed by atoms with van der Waals surface area (Å²) < 4.78 is 39.5. The van der Waals surface area contributed by atoms with Gasteiger partial charge in [0.15, 0.2) is 12.4 Å². The van der Waals surface area contributed by atoms with Crippen molar-refractivity contribution in [2.45, 2.75) is 128 Å². The zero-order valence-electron chi connectivity index (χ0n) is 20.2. The van der Waals surface area contributed by atoms with E-state index in [1.54, 1.807) is 0 Å². The van der Waals surface area contributed by atoms with Gasteiger partial charge >= 0.3 is 5.97 Å². The molecule has 0 aromatic rings. The smallest absolute Gasteiger partial charge is 0.332 e. The molecule has 0 aromatic carbocycles. The second kappa shape index (κ2) is 15.0. The van der Waals surface area contributed by atoms with E-state index in [-0.39, 0.29) is 0 Å². The summed E-state index contributed by atoms with van der Waals surface area (Å²) in [6, 6.07) is 0. The summed E-state index contributed by atoms with van der Waals surface area (Å²) >= 11 is 0. The van der Waals surface area contributed by atoms with Gasteiger partial charge in [-0.3, -0.25) is 0 Å². The second-order valence-corrected chi connectivity index (χ2v) is 9.81. The molecule has 192 valence electrons. The van der Waals surface area contributed by atoms with Gasteiger partial charge in [0.05, 0.1) is 6.10 Å². The van der Waals surface area contributed by atoms with Crippen molar-refractivity contribution >= 4 is 5.97 Å². The molecule has 2 rings (SSSR count). The second-order valence-electron chi connectivity index (χ2n) is 9.81. The number of alkyl halides is 2. The Kier molecular flexibility index (Phi) is 12.9. The van der Waals surface area contributed by atoms with Crippen LogP contribution < -0.4 is 0 Å². The average Bonchev–Trinajstić information content (AvgIpc) is 3.12. The molecule has 0 radical (unpaired) electrons. The number of aliphatic carboxylic acids is 1. The van der Waals surface area contributed by atoms with Crippen molar-refractivity contribution in [3.63, 3.8) is 0 Å². The van der Waals surface area contributed by atoms with E-state index in [1.165, 1.54) is 6.42 Å². The third-order valence-corrected chi connectivity index (χ3v) is 7.42. The van der Waals surface area contributed by atoms with Crippen LogP contribution in [0.4, 0.5) is 8.78 Å². The number of carboxylic acid groups (broad SMARTS) is 1. The molecule has 2 fully saturated rings. The van der Waals surface area contributed by atoms with E-state index in [0.29, 0.717) is 51.6 Å². The van der Waals surface area contributed by atoms with Gasteiger partial charge in [0.2, 0.25) is 6.43 Å². The zero-order valence-corrected chi connectivity index (χ0v) is 20.2. The van der Waals surface area contributed by atoms with E-state index in [0.717, 1.165) is 44.9 Å². The molecule has 0 spiro atoms. The topological polar surface area (TPSA) is 76.0 Å². The Hall–Kier alpha value is -1.05. The summed E-state index contributed by atoms with van der Waals surface area (Å²) in [5.41, 5.74) is -1.11. The quantitative estimate of drug-likeness (QED) is 0.198. The average molecular weight is 475 g/mol. The Bertz CT molecular complexity index is 579. The van der Waals surface area contributed by atoms with Gasteiger partial charge in [-0.25, -0.2) is 13.6 Å². The summed E-state index contributed by atoms with van der Waals surface area (Å²) in [5.74, 6) is -1.47. The summed E-state index contributed by atoms with van der Waals surface area (Å²) in [4.78, 5) is 11.5. The SMILES string of the molecule is CCCCCCCC[C@@]1(C(F)F)CC[C@H](O)[C@@H]1CC=CCCC(OC1CCCCO1)C(=O)O. The lowest BCUT2D eigenvalue weighted by Crippen LogP contribution is -2.37. The molecule has 5 atom stereocenters. The van der Waals surface area contributed by atoms with Crippen LogP contribution in [0.2, 0.25) is 0 Å². The van der Waals surface area contributed by atoms with E-state index in [9.17, 15) is 23.8 Å². The highest BCUT2D eigenvalue weighted by Gasteiger charge is 2.52. The highest BCUT2D eigenvalue weighted by atomic mass is 19.3. The first-order valence-electron chi connectivity index (χ1n) is 13.0. The van der Waals surface area contributed by atoms with Gasteiger partial charge in [-0.2, -0.15) is 0 Å². The molecule has 5 nitrogen and oxygen atoms in total. The van der Waals surface area contributed by atoms with Gasteiger partial charge in [0, 0.05) is 12.0 Å². The largest absolute Gasteiger partial charge is 0.479 e. The summed E-state index contributed by atoms with van der Waals surface area (Å²) in [7, 11) is 0. The van der Waals surface area contributed by atoms with Crippen molar-refractivity contribution in [1.29, 1.82) is 0 Å². The summed E-state index contributed by atoms with van der Waals surface area (Å²) in [6.07, 6.45) is 10.5. The minimum absolute atomic E-state index is 0.302. The molecule has 0 bridgehead atoms. The Morgan fingerprint density at radius 1 is 1.15 bits per heavy atom. The summed E-state index contributed by atoms with van der Waals surface area (Å²) in [5, 5.41) is 19.9. The van der Waals surface area contributed by atoms with Gasteiger partial charge in [0.1, 0.15) is 0 Å². The van der Waals surface area contributed by atoms with Crippen molar-refractivity contribution in [1.82, 2.24) is 0 Å². The predicted octanol–water partition coefficient (Wildman–Crippen LogP) is 6.48. The molecule has 0 amide bonds. The Labute approximate surface area is 197 Å². The highest BCUT2D eigenvalue weighted by Crippen LogP contribution is 2.52. The van der Waals surface area contributed by atoms with Crippen LogP contribution in [-0.4, -0.2) is 47.7 Å². The van der Waals surface area contributed by atoms with Crippen LogP contribution in [-0.2, 0) is 14.3 Å². The monoisotopic (exact) mass is 474 g/mol. The first kappa shape index (κ1) is 28.2. The van der Waals surface area contributed by atoms with Crippen molar-refractivity contribution in [2.24, 2.45) is 11.3 Å². The van der Waals surface area contributed by atoms with E-state index < -0.39 is 42.2 Å². The van der Waals surface area contributed by atoms with Crippen LogP contribution >= 0.6 is 0 Å². The van der Waals surface area contributed by atoms with Gasteiger partial charge in [-0.15, -0.1) is 0 Å². The number of ether oxygens (including phenoxy) is 2. The molecule has 2 N–H and O–H groups in total. The van der Waals surface area contributed by atoms with Gasteiger partial charge in [0.25, 0.3) is 0 Å². The Balaban J connectivity index is 1.83. The third kappa shape index (κ3) is 8.91.